The molecule has 3 heterocycles. The highest BCUT2D eigenvalue weighted by Crippen LogP contribution is 2.27. The Morgan fingerprint density at radius 2 is 2.15 bits per heavy atom. The lowest BCUT2D eigenvalue weighted by Gasteiger charge is -2.07. The number of benzene rings is 1. The van der Waals surface area contributed by atoms with Crippen LogP contribution >= 0.6 is 11.3 Å². The van der Waals surface area contributed by atoms with Crippen molar-refractivity contribution >= 4 is 33.1 Å². The van der Waals surface area contributed by atoms with Gasteiger partial charge in [0.25, 0.3) is 11.5 Å². The van der Waals surface area contributed by atoms with Crippen LogP contribution in [0.15, 0.2) is 53.8 Å². The van der Waals surface area contributed by atoms with E-state index in [2.05, 4.69) is 15.4 Å². The first kappa shape index (κ1) is 17.2. The summed E-state index contributed by atoms with van der Waals surface area (Å²) in [5, 5.41) is 7.61. The van der Waals surface area contributed by atoms with E-state index in [1.807, 2.05) is 43.5 Å². The van der Waals surface area contributed by atoms with Gasteiger partial charge in [0.05, 0.1) is 22.3 Å². The second kappa shape index (κ2) is 6.81. The maximum atomic E-state index is 12.8. The molecule has 0 saturated carbocycles. The lowest BCUT2D eigenvalue weighted by molar-refractivity contribution is 0.103. The van der Waals surface area contributed by atoms with E-state index in [1.54, 1.807) is 17.8 Å². The summed E-state index contributed by atoms with van der Waals surface area (Å²) in [4.78, 5) is 30.7. The number of rotatable bonds is 4. The zero-order valence-corrected chi connectivity index (χ0v) is 15.7. The average Bonchev–Trinajstić information content (AvgIpc) is 3.31. The molecule has 0 aliphatic carbocycles. The van der Waals surface area contributed by atoms with E-state index in [-0.39, 0.29) is 11.5 Å². The highest BCUT2D eigenvalue weighted by Gasteiger charge is 2.19. The van der Waals surface area contributed by atoms with Gasteiger partial charge in [-0.1, -0.05) is 6.07 Å². The van der Waals surface area contributed by atoms with Crippen LogP contribution < -0.4 is 10.9 Å². The number of nitrogens with one attached hydrogen (secondary N) is 1. The molecule has 0 atom stereocenters. The molecule has 8 heteroatoms. The number of aryl methyl sites for hydroxylation is 2. The van der Waals surface area contributed by atoms with Crippen LogP contribution in [0.25, 0.3) is 15.9 Å². The zero-order chi connectivity index (χ0) is 19.0. The Balaban J connectivity index is 1.68. The quantitative estimate of drug-likeness (QED) is 0.590. The van der Waals surface area contributed by atoms with Gasteiger partial charge in [0, 0.05) is 24.6 Å². The summed E-state index contributed by atoms with van der Waals surface area (Å²) < 4.78 is 3.26. The Kier molecular flexibility index (Phi) is 4.33. The van der Waals surface area contributed by atoms with Crippen molar-refractivity contribution < 1.29 is 4.79 Å². The highest BCUT2D eigenvalue weighted by molar-refractivity contribution is 7.20. The van der Waals surface area contributed by atoms with Crippen molar-refractivity contribution in [3.8, 4) is 5.69 Å². The van der Waals surface area contributed by atoms with E-state index in [9.17, 15) is 9.59 Å². The molecule has 0 saturated heterocycles. The Labute approximate surface area is 158 Å². The Hall–Kier alpha value is -3.26. The molecule has 4 rings (SSSR count). The summed E-state index contributed by atoms with van der Waals surface area (Å²) in [6.45, 7) is 4.21. The zero-order valence-electron chi connectivity index (χ0n) is 14.8. The van der Waals surface area contributed by atoms with Gasteiger partial charge < -0.3 is 5.32 Å². The summed E-state index contributed by atoms with van der Waals surface area (Å²) in [7, 11) is 0. The number of carbonyl (C=O) groups excluding carboxylic acids is 1. The van der Waals surface area contributed by atoms with Crippen molar-refractivity contribution in [1.82, 2.24) is 19.3 Å². The number of fused-ring (bicyclic) bond motifs is 1. The van der Waals surface area contributed by atoms with Crippen molar-refractivity contribution in [2.75, 3.05) is 5.32 Å². The van der Waals surface area contributed by atoms with Crippen molar-refractivity contribution in [3.63, 3.8) is 0 Å². The number of anilines is 1. The average molecular weight is 379 g/mol. The molecular weight excluding hydrogens is 362 g/mol. The van der Waals surface area contributed by atoms with E-state index in [0.717, 1.165) is 5.69 Å². The molecule has 3 aromatic heterocycles. The van der Waals surface area contributed by atoms with Crippen molar-refractivity contribution in [2.45, 2.75) is 20.4 Å². The molecular formula is C19H17N5O2S. The first-order valence-corrected chi connectivity index (χ1v) is 9.30. The van der Waals surface area contributed by atoms with E-state index in [4.69, 9.17) is 0 Å². The smallest absolute Gasteiger partial charge is 0.266 e. The fourth-order valence-corrected chi connectivity index (χ4v) is 3.97. The molecule has 7 nitrogen and oxygen atoms in total. The van der Waals surface area contributed by atoms with Crippen molar-refractivity contribution in [1.29, 1.82) is 0 Å². The Bertz CT molecular complexity index is 1190. The molecule has 4 aromatic rings. The second-order valence-electron chi connectivity index (χ2n) is 6.03. The summed E-state index contributed by atoms with van der Waals surface area (Å²) in [6.07, 6.45) is 5.05. The van der Waals surface area contributed by atoms with Crippen LogP contribution in [0.1, 0.15) is 22.2 Å². The maximum absolute atomic E-state index is 12.8. The van der Waals surface area contributed by atoms with Gasteiger partial charge in [-0.15, -0.1) is 11.3 Å². The minimum Gasteiger partial charge on any atom is -0.321 e. The molecule has 1 amide bonds. The summed E-state index contributed by atoms with van der Waals surface area (Å²) in [5.41, 5.74) is 2.05. The molecule has 1 aromatic carbocycles. The number of carbonyl (C=O) groups is 1. The molecule has 27 heavy (non-hydrogen) atoms. The standard InChI is InChI=1S/C19H17N5O2S/c1-3-23-11-20-18-15(19(23)26)12(2)16(27-18)17(25)22-13-6-4-7-14(10-13)24-9-5-8-21-24/h4-11H,3H2,1-2H3,(H,22,25). The predicted octanol–water partition coefficient (Wildman–Crippen LogP) is 3.22. The number of hydrogen-bond acceptors (Lipinski definition) is 5. The van der Waals surface area contributed by atoms with Gasteiger partial charge in [-0.05, 0) is 43.7 Å². The fourth-order valence-electron chi connectivity index (χ4n) is 2.94. The number of thiophene rings is 1. The number of amides is 1. The molecule has 0 bridgehead atoms. The van der Waals surface area contributed by atoms with Crippen LogP contribution in [-0.2, 0) is 6.54 Å². The van der Waals surface area contributed by atoms with Gasteiger partial charge >= 0.3 is 0 Å². The van der Waals surface area contributed by atoms with Crippen LogP contribution in [0, 0.1) is 6.92 Å². The highest BCUT2D eigenvalue weighted by atomic mass is 32.1. The molecule has 1 N–H and O–H groups in total. The van der Waals surface area contributed by atoms with Gasteiger partial charge in [-0.2, -0.15) is 5.10 Å². The molecule has 0 fully saturated rings. The topological polar surface area (TPSA) is 81.8 Å². The van der Waals surface area contributed by atoms with Gasteiger partial charge in [0.15, 0.2) is 0 Å². The molecule has 0 radical (unpaired) electrons. The van der Waals surface area contributed by atoms with Crippen LogP contribution in [-0.4, -0.2) is 25.2 Å². The monoisotopic (exact) mass is 379 g/mol. The first-order valence-electron chi connectivity index (χ1n) is 8.48. The van der Waals surface area contributed by atoms with E-state index in [1.165, 1.54) is 22.2 Å². The van der Waals surface area contributed by atoms with Gasteiger partial charge in [0.1, 0.15) is 4.83 Å². The largest absolute Gasteiger partial charge is 0.321 e. The molecule has 136 valence electrons. The third kappa shape index (κ3) is 3.04. The van der Waals surface area contributed by atoms with Crippen molar-refractivity contribution in [2.24, 2.45) is 0 Å². The molecule has 0 unspecified atom stereocenters. The van der Waals surface area contributed by atoms with Crippen LogP contribution in [0.3, 0.4) is 0 Å². The van der Waals surface area contributed by atoms with Gasteiger partial charge in [-0.25, -0.2) is 9.67 Å². The third-order valence-corrected chi connectivity index (χ3v) is 5.54. The molecule has 0 aliphatic rings. The molecule has 0 spiro atoms. The fraction of sp³-hybridized carbons (Fsp3) is 0.158. The summed E-state index contributed by atoms with van der Waals surface area (Å²) >= 11 is 1.23. The van der Waals surface area contributed by atoms with Crippen LogP contribution in [0.5, 0.6) is 0 Å². The third-order valence-electron chi connectivity index (χ3n) is 4.34. The van der Waals surface area contributed by atoms with Crippen molar-refractivity contribution in [3.05, 3.63) is 69.8 Å². The number of aromatic nitrogens is 4. The SMILES string of the molecule is CCn1cnc2sc(C(=O)Nc3cccc(-n4cccn4)c3)c(C)c2c1=O. The van der Waals surface area contributed by atoms with Gasteiger partial charge in [-0.3, -0.25) is 14.2 Å². The number of hydrogen-bond donors (Lipinski definition) is 1. The Morgan fingerprint density at radius 3 is 2.89 bits per heavy atom. The Morgan fingerprint density at radius 1 is 1.30 bits per heavy atom. The van der Waals surface area contributed by atoms with E-state index >= 15 is 0 Å². The van der Waals surface area contributed by atoms with Crippen LogP contribution in [0.4, 0.5) is 5.69 Å². The molecule has 0 aliphatic heterocycles. The second-order valence-corrected chi connectivity index (χ2v) is 7.03. The summed E-state index contributed by atoms with van der Waals surface area (Å²) in [5.74, 6) is -0.254. The lowest BCUT2D eigenvalue weighted by Crippen LogP contribution is -2.19. The summed E-state index contributed by atoms with van der Waals surface area (Å²) in [6, 6.07) is 9.25. The van der Waals surface area contributed by atoms with E-state index < -0.39 is 0 Å². The normalized spacial score (nSPS) is 11.0. The maximum Gasteiger partial charge on any atom is 0.266 e. The lowest BCUT2D eigenvalue weighted by atomic mass is 10.2. The predicted molar refractivity (Wildman–Crippen MR) is 106 cm³/mol. The minimum atomic E-state index is -0.254. The minimum absolute atomic E-state index is 0.115. The first-order chi connectivity index (χ1) is 13.1. The van der Waals surface area contributed by atoms with Crippen LogP contribution in [0.2, 0.25) is 0 Å². The van der Waals surface area contributed by atoms with Gasteiger partial charge in [0.2, 0.25) is 0 Å². The van der Waals surface area contributed by atoms with E-state index in [0.29, 0.717) is 32.9 Å². The number of nitrogens with zero attached hydrogens (tertiary/aromatic N) is 4.